The smallest absolute Gasteiger partial charge is 0.350 e. The minimum absolute atomic E-state index is 0.000890. The molecule has 63 heavy (non-hydrogen) atoms. The average molecular weight is 881 g/mol. The van der Waals surface area contributed by atoms with Gasteiger partial charge in [0.05, 0.1) is 39.8 Å². The van der Waals surface area contributed by atoms with Crippen LogP contribution in [0, 0.1) is 46.8 Å². The summed E-state index contributed by atoms with van der Waals surface area (Å²) in [5.41, 5.74) is 11.5. The van der Waals surface area contributed by atoms with Crippen molar-refractivity contribution in [2.24, 2.45) is 58.3 Å². The molecule has 352 valence electrons. The van der Waals surface area contributed by atoms with Crippen LogP contribution >= 0.6 is 0 Å². The lowest BCUT2D eigenvalue weighted by Crippen LogP contribution is -2.98. The number of epoxide rings is 1. The highest BCUT2D eigenvalue weighted by Crippen LogP contribution is 2.63. The molecule has 14 heteroatoms. The Bertz CT molecular complexity index is 1760. The first-order chi connectivity index (χ1) is 30.2. The van der Waals surface area contributed by atoms with Gasteiger partial charge in [-0.2, -0.15) is 0 Å². The van der Waals surface area contributed by atoms with E-state index >= 15 is 9.59 Å². The zero-order valence-electron chi connectivity index (χ0n) is 39.6. The lowest BCUT2D eigenvalue weighted by Gasteiger charge is -2.44. The normalized spacial score (nSPS) is 37.6. The fourth-order valence-corrected chi connectivity index (χ4v) is 13.2. The molecule has 13 unspecified atom stereocenters. The quantitative estimate of drug-likeness (QED) is 0.0140. The summed E-state index contributed by atoms with van der Waals surface area (Å²) >= 11 is 0. The number of esters is 1. The number of carbonyl (C=O) groups is 3. The highest BCUT2D eigenvalue weighted by molar-refractivity contribution is 6.23. The summed E-state index contributed by atoms with van der Waals surface area (Å²) in [6.07, 6.45) is 21.9. The lowest BCUT2D eigenvalue weighted by molar-refractivity contribution is -0.717. The minimum Gasteiger partial charge on any atom is -0.463 e. The fourth-order valence-electron chi connectivity index (χ4n) is 13.2. The third kappa shape index (κ3) is 10.5. The number of allylic oxidation sites excluding steroid dienone is 3. The Morgan fingerprint density at radius 2 is 1.94 bits per heavy atom. The van der Waals surface area contributed by atoms with Crippen molar-refractivity contribution in [1.82, 2.24) is 10.6 Å². The predicted molar refractivity (Wildman–Crippen MR) is 242 cm³/mol. The van der Waals surface area contributed by atoms with E-state index in [1.54, 1.807) is 0 Å². The number of Topliss-reactive ketones (excluding diaryl/α,β-unsaturated/α-hetero) is 2. The van der Waals surface area contributed by atoms with Gasteiger partial charge in [-0.1, -0.05) is 44.1 Å². The van der Waals surface area contributed by atoms with Crippen LogP contribution in [-0.2, 0) is 23.9 Å². The summed E-state index contributed by atoms with van der Waals surface area (Å²) in [5, 5.41) is 16.3. The van der Waals surface area contributed by atoms with E-state index < -0.39 is 29.0 Å². The van der Waals surface area contributed by atoms with E-state index in [-0.39, 0.29) is 60.1 Å². The second kappa shape index (κ2) is 20.7. The van der Waals surface area contributed by atoms with E-state index in [1.807, 2.05) is 7.05 Å². The molecule has 0 amide bonds. The maximum absolute atomic E-state index is 15.4. The SMILES string of the molecule is CC[NH2+]C1C=C2C=CCCC2CC1COC(=O)C12OC1(CC=C(C)CC(NC(N)=[NH+]C)C1CC[NH2+]C(NC[NH2+]C)C1)C(=O)C1CCCC(CC(C)(C)CC3CCC(N)[NH2+]C3)C1C2=O. The molecule has 0 radical (unpaired) electrons. The molecule has 0 aromatic heterocycles. The standard InChI is InChI=1S/C49H81N9O5/c1-7-54-38-23-33-12-9-8-11-32(33)22-36(38)28-62-45(61)49-44(60)42-35(26-47(3,4)25-31-15-16-40(50)56-27-31)13-10-14-37(42)43(59)48(49,63-49)19-17-30(2)21-39(58-46(51)53-6)34-18-20-55-41(24-34)57-29-52-5/h9,12,17,23,31-32,34-42,52,54-57H,7-8,10-11,13-16,18-22,24-29,50H2,1-6H3,(H3,51,53,58)/p+5. The largest absolute Gasteiger partial charge is 0.463 e. The molecule has 0 aromatic rings. The van der Waals surface area contributed by atoms with Gasteiger partial charge in [-0.25, -0.2) is 10.1 Å². The van der Waals surface area contributed by atoms with Gasteiger partial charge >= 0.3 is 11.9 Å². The monoisotopic (exact) mass is 881 g/mol. The van der Waals surface area contributed by atoms with Gasteiger partial charge in [0.1, 0.15) is 31.6 Å². The molecule has 7 aliphatic rings. The number of ketones is 2. The molecule has 5 fully saturated rings. The summed E-state index contributed by atoms with van der Waals surface area (Å²) in [5.74, 6) is 0.0570. The number of carbonyl (C=O) groups excluding carboxylic acids is 3. The van der Waals surface area contributed by atoms with Gasteiger partial charge in [0, 0.05) is 61.7 Å². The van der Waals surface area contributed by atoms with Crippen molar-refractivity contribution in [3.8, 4) is 0 Å². The van der Waals surface area contributed by atoms with Gasteiger partial charge in [0.2, 0.25) is 0 Å². The minimum atomic E-state index is -1.92. The number of likely N-dealkylation sites (N-methyl/N-ethyl adjacent to an activating group) is 1. The first-order valence-electron chi connectivity index (χ1n) is 25.1. The number of fused-ring (bicyclic) bond motifs is 3. The summed E-state index contributed by atoms with van der Waals surface area (Å²) in [6.45, 7) is 12.9. The Kier molecular flexibility index (Phi) is 15.7. The summed E-state index contributed by atoms with van der Waals surface area (Å²) in [4.78, 5) is 48.7. The number of quaternary nitrogens is 4. The summed E-state index contributed by atoms with van der Waals surface area (Å²) in [6, 6.07) is 0.232. The van der Waals surface area contributed by atoms with Crippen LogP contribution in [0.25, 0.3) is 0 Å². The lowest BCUT2D eigenvalue weighted by atomic mass is 9.55. The number of nitrogens with one attached hydrogen (secondary N) is 3. The fraction of sp³-hybridized carbons (Fsp3) is 0.796. The van der Waals surface area contributed by atoms with Crippen molar-refractivity contribution in [3.05, 3.63) is 35.5 Å². The number of nitrogens with two attached hydrogens (primary N) is 6. The number of rotatable bonds is 18. The maximum Gasteiger partial charge on any atom is 0.350 e. The van der Waals surface area contributed by atoms with Crippen LogP contribution in [0.1, 0.15) is 118 Å². The molecule has 0 spiro atoms. The second-order valence-electron chi connectivity index (χ2n) is 21.6. The Hall–Kier alpha value is -2.98. The Balaban J connectivity index is 1.14. The number of guanidine groups is 1. The number of hydrogen-bond donors (Lipinski definition) is 9. The van der Waals surface area contributed by atoms with Crippen molar-refractivity contribution in [3.63, 3.8) is 0 Å². The van der Waals surface area contributed by atoms with Crippen molar-refractivity contribution in [2.45, 2.75) is 153 Å². The average Bonchev–Trinajstić information content (AvgIpc) is 3.98. The Morgan fingerprint density at radius 3 is 2.68 bits per heavy atom. The number of ether oxygens (including phenoxy) is 2. The van der Waals surface area contributed by atoms with E-state index in [0.29, 0.717) is 42.7 Å². The van der Waals surface area contributed by atoms with Gasteiger partial charge in [-0.15, -0.1) is 0 Å². The molecule has 2 saturated carbocycles. The van der Waals surface area contributed by atoms with Gasteiger partial charge in [0.25, 0.3) is 5.60 Å². The maximum atomic E-state index is 15.4. The van der Waals surface area contributed by atoms with Gasteiger partial charge in [-0.05, 0) is 94.1 Å². The van der Waals surface area contributed by atoms with Crippen LogP contribution in [0.4, 0.5) is 0 Å². The van der Waals surface area contributed by atoms with Crippen LogP contribution in [-0.4, -0.2) is 106 Å². The summed E-state index contributed by atoms with van der Waals surface area (Å²) in [7, 11) is 3.89. The molecule has 15 N–H and O–H groups in total. The molecule has 3 heterocycles. The first-order valence-corrected chi connectivity index (χ1v) is 25.1. The third-order valence-electron chi connectivity index (χ3n) is 16.4. The number of piperidine rings is 2. The van der Waals surface area contributed by atoms with Crippen LogP contribution in [0.2, 0.25) is 0 Å². The van der Waals surface area contributed by atoms with E-state index in [2.05, 4.69) is 95.9 Å². The first kappa shape index (κ1) is 48.0. The summed E-state index contributed by atoms with van der Waals surface area (Å²) < 4.78 is 13.0. The van der Waals surface area contributed by atoms with E-state index in [4.69, 9.17) is 20.9 Å². The molecular formula is C49H86N9O5+5. The van der Waals surface area contributed by atoms with Crippen LogP contribution in [0.15, 0.2) is 35.5 Å². The molecule has 0 bridgehead atoms. The number of hydrogen-bond acceptors (Lipinski definition) is 7. The van der Waals surface area contributed by atoms with Gasteiger partial charge in [0.15, 0.2) is 17.2 Å². The van der Waals surface area contributed by atoms with Crippen molar-refractivity contribution < 1.29 is 50.1 Å². The molecule has 3 saturated heterocycles. The Labute approximate surface area is 377 Å². The highest BCUT2D eigenvalue weighted by Gasteiger charge is 2.87. The predicted octanol–water partition coefficient (Wildman–Crippen LogP) is -2.10. The molecule has 14 nitrogen and oxygen atoms in total. The highest BCUT2D eigenvalue weighted by atomic mass is 16.7. The van der Waals surface area contributed by atoms with E-state index in [0.717, 1.165) is 103 Å². The van der Waals surface area contributed by atoms with Crippen molar-refractivity contribution in [2.75, 3.05) is 47.0 Å². The van der Waals surface area contributed by atoms with Gasteiger partial charge in [-0.3, -0.25) is 31.4 Å². The van der Waals surface area contributed by atoms with E-state index in [9.17, 15) is 4.79 Å². The Morgan fingerprint density at radius 1 is 1.11 bits per heavy atom. The second-order valence-corrected chi connectivity index (χ2v) is 21.6. The molecule has 7 rings (SSSR count). The molecule has 0 aromatic carbocycles. The van der Waals surface area contributed by atoms with Gasteiger partial charge < -0.3 is 30.7 Å². The van der Waals surface area contributed by atoms with Crippen LogP contribution in [0.5, 0.6) is 0 Å². The third-order valence-corrected chi connectivity index (χ3v) is 16.4. The zero-order chi connectivity index (χ0) is 44.9. The zero-order valence-corrected chi connectivity index (χ0v) is 39.6. The molecular weight excluding hydrogens is 795 g/mol. The van der Waals surface area contributed by atoms with E-state index in [1.165, 1.54) is 5.57 Å². The molecule has 4 aliphatic carbocycles. The van der Waals surface area contributed by atoms with Crippen LogP contribution < -0.4 is 48.4 Å². The van der Waals surface area contributed by atoms with Crippen molar-refractivity contribution in [1.29, 1.82) is 0 Å². The van der Waals surface area contributed by atoms with Crippen LogP contribution in [0.3, 0.4) is 0 Å². The molecule has 13 atom stereocenters. The van der Waals surface area contributed by atoms with Crippen molar-refractivity contribution >= 4 is 23.5 Å². The topological polar surface area (TPSA) is 229 Å². The molecule has 3 aliphatic heterocycles.